The predicted octanol–water partition coefficient (Wildman–Crippen LogP) is 2.91. The van der Waals surface area contributed by atoms with Crippen molar-refractivity contribution in [2.45, 2.75) is 25.2 Å². The standard InChI is InChI=1S/C17H19F2N3O2/c18-17(19)6-9-21(10-7-17)15(23)12-5-8-22(11-12)16-20-13-3-1-2-4-14(13)24-16/h1-4,12H,5-11H2. The third-order valence-electron chi connectivity index (χ3n) is 4.90. The Hall–Kier alpha value is -2.18. The molecular weight excluding hydrogens is 316 g/mol. The second-order valence-corrected chi connectivity index (χ2v) is 6.58. The van der Waals surface area contributed by atoms with Gasteiger partial charge in [-0.1, -0.05) is 12.1 Å². The lowest BCUT2D eigenvalue weighted by Gasteiger charge is -2.33. The lowest BCUT2D eigenvalue weighted by molar-refractivity contribution is -0.140. The molecule has 128 valence electrons. The molecule has 1 atom stereocenters. The van der Waals surface area contributed by atoms with Crippen molar-refractivity contribution in [2.24, 2.45) is 5.92 Å². The smallest absolute Gasteiger partial charge is 0.298 e. The number of para-hydroxylation sites is 2. The number of likely N-dealkylation sites (tertiary alicyclic amines) is 1. The minimum absolute atomic E-state index is 0.0240. The number of fused-ring (bicyclic) bond motifs is 1. The number of carbonyl (C=O) groups is 1. The van der Waals surface area contributed by atoms with Gasteiger partial charge in [0.05, 0.1) is 5.92 Å². The molecule has 1 amide bonds. The molecule has 2 saturated heterocycles. The Balaban J connectivity index is 1.41. The number of piperidine rings is 1. The van der Waals surface area contributed by atoms with Crippen LogP contribution in [0, 0.1) is 5.92 Å². The fraction of sp³-hybridized carbons (Fsp3) is 0.529. The van der Waals surface area contributed by atoms with Crippen molar-refractivity contribution >= 4 is 23.0 Å². The normalized spacial score (nSPS) is 23.8. The third-order valence-corrected chi connectivity index (χ3v) is 4.90. The highest BCUT2D eigenvalue weighted by Gasteiger charge is 2.39. The molecule has 1 unspecified atom stereocenters. The lowest BCUT2D eigenvalue weighted by Crippen LogP contribution is -2.45. The fourth-order valence-corrected chi connectivity index (χ4v) is 3.44. The number of nitrogens with zero attached hydrogens (tertiary/aromatic N) is 3. The number of aromatic nitrogens is 1. The van der Waals surface area contributed by atoms with Crippen LogP contribution in [-0.2, 0) is 4.79 Å². The molecule has 0 radical (unpaired) electrons. The molecule has 0 bridgehead atoms. The lowest BCUT2D eigenvalue weighted by atomic mass is 10.0. The number of hydrogen-bond donors (Lipinski definition) is 0. The second kappa shape index (κ2) is 5.72. The van der Waals surface area contributed by atoms with E-state index >= 15 is 0 Å². The molecule has 2 fully saturated rings. The summed E-state index contributed by atoms with van der Waals surface area (Å²) in [5.41, 5.74) is 1.51. The van der Waals surface area contributed by atoms with Crippen molar-refractivity contribution in [1.82, 2.24) is 9.88 Å². The van der Waals surface area contributed by atoms with E-state index in [1.165, 1.54) is 0 Å². The van der Waals surface area contributed by atoms with Crippen LogP contribution < -0.4 is 4.90 Å². The van der Waals surface area contributed by atoms with Gasteiger partial charge in [0.1, 0.15) is 5.52 Å². The fourth-order valence-electron chi connectivity index (χ4n) is 3.44. The van der Waals surface area contributed by atoms with Crippen LogP contribution in [0.25, 0.3) is 11.1 Å². The van der Waals surface area contributed by atoms with E-state index in [0.717, 1.165) is 11.1 Å². The molecule has 4 rings (SSSR count). The van der Waals surface area contributed by atoms with Crippen LogP contribution in [0.1, 0.15) is 19.3 Å². The first-order valence-electron chi connectivity index (χ1n) is 8.29. The Kier molecular flexibility index (Phi) is 3.66. The minimum Gasteiger partial charge on any atom is -0.423 e. The van der Waals surface area contributed by atoms with Crippen molar-refractivity contribution in [2.75, 3.05) is 31.1 Å². The maximum Gasteiger partial charge on any atom is 0.298 e. The maximum absolute atomic E-state index is 13.2. The van der Waals surface area contributed by atoms with Crippen molar-refractivity contribution in [3.8, 4) is 0 Å². The molecule has 5 nitrogen and oxygen atoms in total. The average molecular weight is 335 g/mol. The highest BCUT2D eigenvalue weighted by Crippen LogP contribution is 2.31. The molecule has 0 spiro atoms. The monoisotopic (exact) mass is 335 g/mol. The third kappa shape index (κ3) is 2.83. The first-order valence-corrected chi connectivity index (χ1v) is 8.29. The first-order chi connectivity index (χ1) is 11.5. The van der Waals surface area contributed by atoms with Gasteiger partial charge in [-0.05, 0) is 18.6 Å². The number of oxazole rings is 1. The van der Waals surface area contributed by atoms with Gasteiger partial charge < -0.3 is 14.2 Å². The van der Waals surface area contributed by atoms with E-state index in [4.69, 9.17) is 4.42 Å². The van der Waals surface area contributed by atoms with Crippen molar-refractivity contribution in [3.63, 3.8) is 0 Å². The maximum atomic E-state index is 13.2. The summed E-state index contributed by atoms with van der Waals surface area (Å²) in [5.74, 6) is -2.83. The molecule has 2 aromatic rings. The van der Waals surface area contributed by atoms with E-state index in [-0.39, 0.29) is 37.8 Å². The van der Waals surface area contributed by atoms with Crippen molar-refractivity contribution < 1.29 is 18.0 Å². The Morgan fingerprint density at radius 1 is 1.21 bits per heavy atom. The zero-order chi connectivity index (χ0) is 16.7. The van der Waals surface area contributed by atoms with Crippen LogP contribution >= 0.6 is 0 Å². The summed E-state index contributed by atoms with van der Waals surface area (Å²) in [5, 5.41) is 0. The zero-order valence-corrected chi connectivity index (χ0v) is 13.3. The molecule has 0 saturated carbocycles. The summed E-state index contributed by atoms with van der Waals surface area (Å²) in [6.07, 6.45) is 0.227. The van der Waals surface area contributed by atoms with E-state index in [2.05, 4.69) is 4.98 Å². The first kappa shape index (κ1) is 15.4. The number of amides is 1. The van der Waals surface area contributed by atoms with E-state index in [0.29, 0.717) is 25.5 Å². The summed E-state index contributed by atoms with van der Waals surface area (Å²) in [7, 11) is 0. The molecule has 1 aromatic carbocycles. The second-order valence-electron chi connectivity index (χ2n) is 6.58. The van der Waals surface area contributed by atoms with Crippen LogP contribution in [-0.4, -0.2) is 47.9 Å². The summed E-state index contributed by atoms with van der Waals surface area (Å²) in [6, 6.07) is 8.06. The molecule has 2 aliphatic heterocycles. The van der Waals surface area contributed by atoms with Crippen LogP contribution in [0.4, 0.5) is 14.8 Å². The van der Waals surface area contributed by atoms with Gasteiger partial charge in [-0.25, -0.2) is 8.78 Å². The van der Waals surface area contributed by atoms with E-state index in [1.807, 2.05) is 29.2 Å². The molecule has 7 heteroatoms. The minimum atomic E-state index is -2.63. The van der Waals surface area contributed by atoms with Crippen LogP contribution in [0.5, 0.6) is 0 Å². The number of anilines is 1. The Labute approximate surface area is 138 Å². The molecule has 3 heterocycles. The van der Waals surface area contributed by atoms with Gasteiger partial charge in [0.2, 0.25) is 5.91 Å². The number of hydrogen-bond acceptors (Lipinski definition) is 4. The van der Waals surface area contributed by atoms with Crippen molar-refractivity contribution in [1.29, 1.82) is 0 Å². The highest BCUT2D eigenvalue weighted by atomic mass is 19.3. The summed E-state index contributed by atoms with van der Waals surface area (Å²) < 4.78 is 32.2. The number of benzene rings is 1. The van der Waals surface area contributed by atoms with Crippen molar-refractivity contribution in [3.05, 3.63) is 24.3 Å². The topological polar surface area (TPSA) is 49.6 Å². The van der Waals surface area contributed by atoms with E-state index in [1.54, 1.807) is 4.90 Å². The highest BCUT2D eigenvalue weighted by molar-refractivity contribution is 5.80. The molecule has 2 aliphatic rings. The van der Waals surface area contributed by atoms with E-state index < -0.39 is 5.92 Å². The van der Waals surface area contributed by atoms with Crippen LogP contribution in [0.2, 0.25) is 0 Å². The van der Waals surface area contributed by atoms with Gasteiger partial charge >= 0.3 is 0 Å². The number of halogens is 2. The number of alkyl halides is 2. The van der Waals surface area contributed by atoms with Gasteiger partial charge in [0.15, 0.2) is 5.58 Å². The van der Waals surface area contributed by atoms with Gasteiger partial charge in [-0.15, -0.1) is 0 Å². The average Bonchev–Trinajstić information content (AvgIpc) is 3.21. The molecular formula is C17H19F2N3O2. The Morgan fingerprint density at radius 3 is 2.71 bits per heavy atom. The Morgan fingerprint density at radius 2 is 1.96 bits per heavy atom. The SMILES string of the molecule is O=C(C1CCN(c2nc3ccccc3o2)C1)N1CCC(F)(F)CC1. The van der Waals surface area contributed by atoms with Gasteiger partial charge in [-0.2, -0.15) is 4.98 Å². The summed E-state index contributed by atoms with van der Waals surface area (Å²) in [4.78, 5) is 20.6. The summed E-state index contributed by atoms with van der Waals surface area (Å²) in [6.45, 7) is 1.50. The van der Waals surface area contributed by atoms with Crippen LogP contribution in [0.3, 0.4) is 0 Å². The van der Waals surface area contributed by atoms with Gasteiger partial charge in [0, 0.05) is 39.0 Å². The predicted molar refractivity (Wildman–Crippen MR) is 85.1 cm³/mol. The summed E-state index contributed by atoms with van der Waals surface area (Å²) >= 11 is 0. The van der Waals surface area contributed by atoms with Gasteiger partial charge in [-0.3, -0.25) is 4.79 Å². The molecule has 24 heavy (non-hydrogen) atoms. The van der Waals surface area contributed by atoms with Crippen LogP contribution in [0.15, 0.2) is 28.7 Å². The zero-order valence-electron chi connectivity index (χ0n) is 13.3. The van der Waals surface area contributed by atoms with Gasteiger partial charge in [0.25, 0.3) is 11.9 Å². The molecule has 0 N–H and O–H groups in total. The van der Waals surface area contributed by atoms with E-state index in [9.17, 15) is 13.6 Å². The largest absolute Gasteiger partial charge is 0.423 e. The molecule has 1 aromatic heterocycles. The Bertz CT molecular complexity index is 718. The molecule has 0 aliphatic carbocycles. The number of carbonyl (C=O) groups excluding carboxylic acids is 1. The quantitative estimate of drug-likeness (QED) is 0.847. The number of rotatable bonds is 2.